The van der Waals surface area contributed by atoms with Gasteiger partial charge in [0, 0.05) is 18.4 Å². The average Bonchev–Trinajstić information content (AvgIpc) is 2.47. The lowest BCUT2D eigenvalue weighted by molar-refractivity contribution is -0.160. The summed E-state index contributed by atoms with van der Waals surface area (Å²) in [6.45, 7) is 3.38. The maximum atomic E-state index is 11.8. The molecule has 0 radical (unpaired) electrons. The lowest BCUT2D eigenvalue weighted by Crippen LogP contribution is -2.57. The number of hydrogen-bond donors (Lipinski definition) is 2. The van der Waals surface area contributed by atoms with Crippen molar-refractivity contribution in [3.05, 3.63) is 35.4 Å². The van der Waals surface area contributed by atoms with Crippen LogP contribution in [-0.2, 0) is 20.7 Å². The predicted molar refractivity (Wildman–Crippen MR) is 76.0 cm³/mol. The summed E-state index contributed by atoms with van der Waals surface area (Å²) in [5.74, 6) is -2.44. The minimum atomic E-state index is -2.13. The fraction of sp³-hybridized carbons (Fsp3) is 0.400. The monoisotopic (exact) mass is 293 g/mol. The number of carbonyl (C=O) groups excluding carboxylic acids is 2. The van der Waals surface area contributed by atoms with Crippen molar-refractivity contribution in [3.63, 3.8) is 0 Å². The van der Waals surface area contributed by atoms with Crippen molar-refractivity contribution >= 4 is 17.7 Å². The number of ether oxygens (including phenoxy) is 1. The quantitative estimate of drug-likeness (QED) is 0.444. The van der Waals surface area contributed by atoms with Crippen LogP contribution in [0.5, 0.6) is 0 Å². The summed E-state index contributed by atoms with van der Waals surface area (Å²) in [6, 6.07) is 6.36. The van der Waals surface area contributed by atoms with Gasteiger partial charge in [-0.1, -0.05) is 31.2 Å². The molecule has 114 valence electrons. The Bertz CT molecular complexity index is 537. The van der Waals surface area contributed by atoms with E-state index in [1.807, 2.05) is 0 Å². The van der Waals surface area contributed by atoms with E-state index in [2.05, 4.69) is 0 Å². The lowest BCUT2D eigenvalue weighted by Gasteiger charge is -2.22. The molecule has 21 heavy (non-hydrogen) atoms. The third-order valence-corrected chi connectivity index (χ3v) is 3.10. The first-order valence-electron chi connectivity index (χ1n) is 6.66. The topological polar surface area (TPSA) is 107 Å². The number of esters is 1. The molecule has 0 fully saturated rings. The van der Waals surface area contributed by atoms with Crippen LogP contribution in [0.2, 0.25) is 0 Å². The Balaban J connectivity index is 2.97. The predicted octanol–water partition coefficient (Wildman–Crippen LogP) is 1.17. The molecule has 0 aliphatic rings. The Kier molecular flexibility index (Phi) is 5.60. The first-order valence-corrected chi connectivity index (χ1v) is 6.66. The van der Waals surface area contributed by atoms with Gasteiger partial charge in [-0.2, -0.15) is 0 Å². The third kappa shape index (κ3) is 3.88. The van der Waals surface area contributed by atoms with Crippen LogP contribution in [0.15, 0.2) is 24.3 Å². The Morgan fingerprint density at radius 3 is 2.19 bits per heavy atom. The minimum absolute atomic E-state index is 0.0100. The Hall–Kier alpha value is -2.21. The molecule has 0 spiro atoms. The molecule has 1 atom stereocenters. The zero-order valence-corrected chi connectivity index (χ0v) is 12.1. The number of nitrogens with two attached hydrogens (primary N) is 1. The van der Waals surface area contributed by atoms with E-state index in [1.165, 1.54) is 0 Å². The van der Waals surface area contributed by atoms with Gasteiger partial charge in [-0.05, 0) is 12.5 Å². The van der Waals surface area contributed by atoms with Crippen molar-refractivity contribution in [2.24, 2.45) is 5.73 Å². The highest BCUT2D eigenvalue weighted by molar-refractivity contribution is 6.04. The molecule has 0 bridgehead atoms. The second-order valence-electron chi connectivity index (χ2n) is 4.65. The second kappa shape index (κ2) is 6.99. The molecule has 1 aromatic rings. The van der Waals surface area contributed by atoms with Gasteiger partial charge < -0.3 is 15.6 Å². The number of carboxylic acids is 1. The molecule has 1 aromatic carbocycles. The summed E-state index contributed by atoms with van der Waals surface area (Å²) < 4.78 is 4.72. The first-order chi connectivity index (χ1) is 9.85. The molecule has 0 aromatic heterocycles. The fourth-order valence-corrected chi connectivity index (χ4v) is 1.83. The molecule has 6 heteroatoms. The van der Waals surface area contributed by atoms with Crippen LogP contribution in [0.25, 0.3) is 0 Å². The van der Waals surface area contributed by atoms with Crippen LogP contribution < -0.4 is 5.73 Å². The van der Waals surface area contributed by atoms with Crippen molar-refractivity contribution in [3.8, 4) is 0 Å². The smallest absolute Gasteiger partial charge is 0.338 e. The van der Waals surface area contributed by atoms with Crippen LogP contribution >= 0.6 is 0 Å². The average molecular weight is 293 g/mol. The van der Waals surface area contributed by atoms with Gasteiger partial charge in [-0.15, -0.1) is 0 Å². The number of rotatable bonds is 7. The van der Waals surface area contributed by atoms with Crippen LogP contribution in [0.4, 0.5) is 0 Å². The maximum Gasteiger partial charge on any atom is 0.338 e. The number of hydrogen-bond acceptors (Lipinski definition) is 5. The molecule has 0 aliphatic carbocycles. The van der Waals surface area contributed by atoms with E-state index in [9.17, 15) is 19.5 Å². The number of benzene rings is 1. The molecular formula is C15H19NO5. The zero-order chi connectivity index (χ0) is 16.0. The number of carboxylic acid groups (broad SMARTS) is 1. The van der Waals surface area contributed by atoms with Crippen LogP contribution in [0.1, 0.15) is 36.2 Å². The van der Waals surface area contributed by atoms with Gasteiger partial charge in [0.15, 0.2) is 5.78 Å². The van der Waals surface area contributed by atoms with Gasteiger partial charge in [0.1, 0.15) is 0 Å². The van der Waals surface area contributed by atoms with Crippen molar-refractivity contribution in [2.75, 3.05) is 6.61 Å². The molecule has 0 heterocycles. The van der Waals surface area contributed by atoms with Crippen LogP contribution in [-0.4, -0.2) is 35.0 Å². The largest absolute Gasteiger partial charge is 0.479 e. The van der Waals surface area contributed by atoms with Gasteiger partial charge in [-0.25, -0.2) is 9.59 Å². The van der Waals surface area contributed by atoms with E-state index in [0.717, 1.165) is 0 Å². The highest BCUT2D eigenvalue weighted by Gasteiger charge is 2.44. The zero-order valence-electron chi connectivity index (χ0n) is 12.1. The van der Waals surface area contributed by atoms with Crippen LogP contribution in [0.3, 0.4) is 0 Å². The highest BCUT2D eigenvalue weighted by Crippen LogP contribution is 2.15. The molecule has 1 unspecified atom stereocenters. The molecule has 1 rings (SSSR count). The minimum Gasteiger partial charge on any atom is -0.479 e. The molecule has 6 nitrogen and oxygen atoms in total. The first kappa shape index (κ1) is 16.8. The maximum absolute atomic E-state index is 11.8. The van der Waals surface area contributed by atoms with Gasteiger partial charge in [-0.3, -0.25) is 4.79 Å². The van der Waals surface area contributed by atoms with E-state index in [-0.39, 0.29) is 18.8 Å². The molecule has 0 saturated carbocycles. The van der Waals surface area contributed by atoms with Gasteiger partial charge >= 0.3 is 11.9 Å². The van der Waals surface area contributed by atoms with E-state index in [0.29, 0.717) is 17.5 Å². The Morgan fingerprint density at radius 1 is 1.19 bits per heavy atom. The number of aliphatic carboxylic acids is 1. The summed E-state index contributed by atoms with van der Waals surface area (Å²) in [5.41, 5.74) is 4.63. The fourth-order valence-electron chi connectivity index (χ4n) is 1.83. The SMILES string of the molecule is CCOC(=O)C(N)(Cc1ccc(C(=O)CC)cc1)C(=O)O. The second-order valence-corrected chi connectivity index (χ2v) is 4.65. The standard InChI is InChI=1S/C15H19NO5/c1-3-12(17)11-7-5-10(6-8-11)9-15(16,13(18)19)14(20)21-4-2/h5-8H,3-4,9,16H2,1-2H3,(H,18,19). The molecule has 3 N–H and O–H groups in total. The highest BCUT2D eigenvalue weighted by atomic mass is 16.5. The van der Waals surface area contributed by atoms with Crippen molar-refractivity contribution in [1.82, 2.24) is 0 Å². The van der Waals surface area contributed by atoms with Gasteiger partial charge in [0.05, 0.1) is 6.61 Å². The number of ketones is 1. The Morgan fingerprint density at radius 2 is 1.76 bits per heavy atom. The van der Waals surface area contributed by atoms with Crippen molar-refractivity contribution < 1.29 is 24.2 Å². The summed E-state index contributed by atoms with van der Waals surface area (Å²) >= 11 is 0. The van der Waals surface area contributed by atoms with Gasteiger partial charge in [0.25, 0.3) is 0 Å². The summed E-state index contributed by atoms with van der Waals surface area (Å²) in [4.78, 5) is 34.6. The lowest BCUT2D eigenvalue weighted by atomic mass is 9.91. The third-order valence-electron chi connectivity index (χ3n) is 3.10. The summed E-state index contributed by atoms with van der Waals surface area (Å²) in [5, 5.41) is 9.19. The normalized spacial score (nSPS) is 13.3. The van der Waals surface area contributed by atoms with Crippen molar-refractivity contribution in [2.45, 2.75) is 32.2 Å². The van der Waals surface area contributed by atoms with E-state index >= 15 is 0 Å². The molecular weight excluding hydrogens is 274 g/mol. The summed E-state index contributed by atoms with van der Waals surface area (Å²) in [7, 11) is 0. The molecule has 0 aliphatic heterocycles. The summed E-state index contributed by atoms with van der Waals surface area (Å²) in [6.07, 6.45) is 0.180. The van der Waals surface area contributed by atoms with Crippen molar-refractivity contribution in [1.29, 1.82) is 0 Å². The van der Waals surface area contributed by atoms with E-state index in [4.69, 9.17) is 10.5 Å². The number of carbonyl (C=O) groups is 3. The molecule has 0 amide bonds. The molecule has 0 saturated heterocycles. The van der Waals surface area contributed by atoms with E-state index in [1.54, 1.807) is 38.1 Å². The van der Waals surface area contributed by atoms with E-state index < -0.39 is 17.5 Å². The Labute approximate surface area is 122 Å². The van der Waals surface area contributed by atoms with Gasteiger partial charge in [0.2, 0.25) is 5.54 Å². The number of Topliss-reactive ketones (excluding diaryl/α,β-unsaturated/α-hetero) is 1. The van der Waals surface area contributed by atoms with Crippen LogP contribution in [0, 0.1) is 0 Å².